The monoisotopic (exact) mass is 183 g/mol. The molecule has 0 bridgehead atoms. The lowest BCUT2D eigenvalue weighted by Crippen LogP contribution is -2.65. The van der Waals surface area contributed by atoms with Gasteiger partial charge in [-0.15, -0.1) is 6.58 Å². The minimum atomic E-state index is -1.20. The Morgan fingerprint density at radius 1 is 1.69 bits per heavy atom. The first kappa shape index (κ1) is 11.7. The summed E-state index contributed by atoms with van der Waals surface area (Å²) in [6, 6.07) is -0.272. The zero-order valence-corrected chi connectivity index (χ0v) is 7.32. The number of rotatable bonds is 4. The van der Waals surface area contributed by atoms with E-state index in [2.05, 4.69) is 24.2 Å². The van der Waals surface area contributed by atoms with Gasteiger partial charge in [-0.25, -0.2) is 0 Å². The van der Waals surface area contributed by atoms with E-state index in [4.69, 9.17) is 5.11 Å². The van der Waals surface area contributed by atoms with Gasteiger partial charge in [0.15, 0.2) is 0 Å². The van der Waals surface area contributed by atoms with E-state index < -0.39 is 12.1 Å². The lowest BCUT2D eigenvalue weighted by Gasteiger charge is -2.07. The van der Waals surface area contributed by atoms with Crippen LogP contribution in [0.4, 0.5) is 0 Å². The molecule has 0 aliphatic rings. The van der Waals surface area contributed by atoms with Crippen molar-refractivity contribution in [3.8, 4) is 11.8 Å². The van der Waals surface area contributed by atoms with Gasteiger partial charge >= 0.3 is 0 Å². The zero-order chi connectivity index (χ0) is 10.3. The molecular formula is C9H13NO3. The van der Waals surface area contributed by atoms with E-state index in [1.54, 1.807) is 0 Å². The number of carbonyl (C=O) groups excluding carboxylic acids is 1. The van der Waals surface area contributed by atoms with Crippen molar-refractivity contribution in [2.75, 3.05) is 0 Å². The van der Waals surface area contributed by atoms with Gasteiger partial charge < -0.3 is 20.7 Å². The highest BCUT2D eigenvalue weighted by atomic mass is 16.4. The molecule has 4 nitrogen and oxygen atoms in total. The Labute approximate surface area is 77.1 Å². The van der Waals surface area contributed by atoms with Crippen LogP contribution in [0.3, 0.4) is 0 Å². The van der Waals surface area contributed by atoms with E-state index in [-0.39, 0.29) is 12.5 Å². The number of carbonyl (C=O) groups is 1. The van der Waals surface area contributed by atoms with Crippen LogP contribution in [0, 0.1) is 11.8 Å². The van der Waals surface area contributed by atoms with Crippen molar-refractivity contribution < 1.29 is 20.7 Å². The molecule has 0 amide bonds. The molecule has 0 saturated carbocycles. The Kier molecular flexibility index (Phi) is 5.60. The highest BCUT2D eigenvalue weighted by molar-refractivity contribution is 5.67. The second-order valence-corrected chi connectivity index (χ2v) is 2.59. The standard InChI is InChI=1S/C9H13NO3/c1-2-8(11)7(10)5-3-4-6-9(12)13/h2,7-8,11H,1,5-6,10H2,(H,12,13). The van der Waals surface area contributed by atoms with Crippen LogP contribution in [0.2, 0.25) is 0 Å². The average molecular weight is 183 g/mol. The van der Waals surface area contributed by atoms with Crippen molar-refractivity contribution in [1.82, 2.24) is 0 Å². The highest BCUT2D eigenvalue weighted by Gasteiger charge is 2.12. The number of aliphatic hydroxyl groups excluding tert-OH is 1. The summed E-state index contributed by atoms with van der Waals surface area (Å²) in [5.41, 5.74) is 3.64. The van der Waals surface area contributed by atoms with Gasteiger partial charge in [0.05, 0.1) is 12.4 Å². The molecule has 0 saturated heterocycles. The van der Waals surface area contributed by atoms with Crippen LogP contribution >= 0.6 is 0 Å². The molecule has 0 aliphatic carbocycles. The van der Waals surface area contributed by atoms with Gasteiger partial charge in [0, 0.05) is 6.42 Å². The van der Waals surface area contributed by atoms with E-state index >= 15 is 0 Å². The molecule has 4 N–H and O–H groups in total. The molecule has 72 valence electrons. The molecule has 4 heteroatoms. The molecule has 0 heterocycles. The summed E-state index contributed by atoms with van der Waals surface area (Å²) in [7, 11) is 0. The fourth-order valence-corrected chi connectivity index (χ4v) is 0.651. The number of aliphatic carboxylic acids is 1. The first-order valence-corrected chi connectivity index (χ1v) is 3.87. The van der Waals surface area contributed by atoms with E-state index in [1.807, 2.05) is 0 Å². The van der Waals surface area contributed by atoms with Crippen molar-refractivity contribution in [3.63, 3.8) is 0 Å². The maximum absolute atomic E-state index is 9.94. The second-order valence-electron chi connectivity index (χ2n) is 2.59. The van der Waals surface area contributed by atoms with Gasteiger partial charge in [-0.2, -0.15) is 0 Å². The highest BCUT2D eigenvalue weighted by Crippen LogP contribution is 1.93. The number of hydrogen-bond acceptors (Lipinski definition) is 3. The molecule has 2 atom stereocenters. The maximum atomic E-state index is 9.94. The van der Waals surface area contributed by atoms with Crippen LogP contribution in [0.25, 0.3) is 0 Å². The quantitative estimate of drug-likeness (QED) is 0.379. The van der Waals surface area contributed by atoms with E-state index in [0.717, 1.165) is 0 Å². The van der Waals surface area contributed by atoms with Crippen molar-refractivity contribution in [1.29, 1.82) is 0 Å². The minimum Gasteiger partial charge on any atom is -0.549 e. The van der Waals surface area contributed by atoms with Gasteiger partial charge in [-0.05, 0) is 0 Å². The zero-order valence-electron chi connectivity index (χ0n) is 7.32. The number of aliphatic hydroxyl groups is 1. The lowest BCUT2D eigenvalue weighted by molar-refractivity contribution is -0.431. The predicted molar refractivity (Wildman–Crippen MR) is 44.9 cm³/mol. The second kappa shape index (κ2) is 6.23. The number of quaternary nitrogens is 1. The molecular weight excluding hydrogens is 170 g/mol. The minimum absolute atomic E-state index is 0.272. The van der Waals surface area contributed by atoms with Gasteiger partial charge in [0.2, 0.25) is 0 Å². The first-order valence-electron chi connectivity index (χ1n) is 3.87. The van der Waals surface area contributed by atoms with Crippen LogP contribution in [0.1, 0.15) is 12.8 Å². The fourth-order valence-electron chi connectivity index (χ4n) is 0.651. The summed E-state index contributed by atoms with van der Waals surface area (Å²) in [6.45, 7) is 3.40. The Balaban J connectivity index is 3.78. The third-order valence-corrected chi connectivity index (χ3v) is 1.45. The molecule has 0 rings (SSSR count). The maximum Gasteiger partial charge on any atom is 0.125 e. The summed E-state index contributed by atoms with van der Waals surface area (Å²) >= 11 is 0. The molecule has 0 spiro atoms. The van der Waals surface area contributed by atoms with E-state index in [9.17, 15) is 9.90 Å². The smallest absolute Gasteiger partial charge is 0.125 e. The molecule has 0 radical (unpaired) electrons. The fraction of sp³-hybridized carbons (Fsp3) is 0.444. The first-order chi connectivity index (χ1) is 6.07. The third-order valence-electron chi connectivity index (χ3n) is 1.45. The van der Waals surface area contributed by atoms with Gasteiger partial charge in [0.1, 0.15) is 12.1 Å². The van der Waals surface area contributed by atoms with Gasteiger partial charge in [0.25, 0.3) is 0 Å². The average Bonchev–Trinajstić information content (AvgIpc) is 2.10. The summed E-state index contributed by atoms with van der Waals surface area (Å²) in [5, 5.41) is 19.1. The molecule has 0 aliphatic heterocycles. The van der Waals surface area contributed by atoms with E-state index in [0.29, 0.717) is 6.42 Å². The normalized spacial score (nSPS) is 13.7. The van der Waals surface area contributed by atoms with E-state index in [1.165, 1.54) is 6.08 Å². The Hall–Kier alpha value is -1.31. The largest absolute Gasteiger partial charge is 0.549 e. The Morgan fingerprint density at radius 3 is 2.77 bits per heavy atom. The molecule has 13 heavy (non-hydrogen) atoms. The van der Waals surface area contributed by atoms with Crippen LogP contribution in [0.5, 0.6) is 0 Å². The molecule has 0 aromatic rings. The van der Waals surface area contributed by atoms with Crippen molar-refractivity contribution in [2.45, 2.75) is 25.0 Å². The topological polar surface area (TPSA) is 88.0 Å². The van der Waals surface area contributed by atoms with Crippen molar-refractivity contribution in [3.05, 3.63) is 12.7 Å². The Morgan fingerprint density at radius 2 is 2.31 bits per heavy atom. The van der Waals surface area contributed by atoms with Crippen LogP contribution in [-0.2, 0) is 4.79 Å². The summed E-state index contributed by atoms with van der Waals surface area (Å²) in [5.74, 6) is 3.79. The summed E-state index contributed by atoms with van der Waals surface area (Å²) in [4.78, 5) is 9.94. The molecule has 0 fully saturated rings. The van der Waals surface area contributed by atoms with Gasteiger partial charge in [-0.3, -0.25) is 0 Å². The lowest BCUT2D eigenvalue weighted by atomic mass is 10.1. The van der Waals surface area contributed by atoms with Crippen LogP contribution < -0.4 is 10.8 Å². The number of carboxylic acids is 1. The summed E-state index contributed by atoms with van der Waals surface area (Å²) < 4.78 is 0. The molecule has 2 unspecified atom stereocenters. The van der Waals surface area contributed by atoms with Crippen LogP contribution in [-0.4, -0.2) is 23.2 Å². The molecule has 0 aromatic carbocycles. The third kappa shape index (κ3) is 5.91. The summed E-state index contributed by atoms with van der Waals surface area (Å²) in [6.07, 6.45) is 0.743. The predicted octanol–water partition coefficient (Wildman–Crippen LogP) is -2.32. The van der Waals surface area contributed by atoms with Crippen molar-refractivity contribution in [2.24, 2.45) is 0 Å². The van der Waals surface area contributed by atoms with Gasteiger partial charge in [-0.1, -0.05) is 17.9 Å². The SMILES string of the molecule is C=CC(O)C([NH3+])CC#CCC(=O)[O-]. The Bertz CT molecular complexity index is 239. The number of hydrogen-bond donors (Lipinski definition) is 2. The van der Waals surface area contributed by atoms with Crippen molar-refractivity contribution >= 4 is 5.97 Å². The number of carboxylic acid groups (broad SMARTS) is 1. The van der Waals surface area contributed by atoms with Crippen LogP contribution in [0.15, 0.2) is 12.7 Å². The molecule has 0 aromatic heterocycles.